The van der Waals surface area contributed by atoms with Crippen molar-refractivity contribution in [1.82, 2.24) is 15.4 Å². The second-order valence-corrected chi connectivity index (χ2v) is 9.15. The monoisotopic (exact) mass is 451 g/mol. The van der Waals surface area contributed by atoms with Crippen LogP contribution in [0.4, 0.5) is 0 Å². The van der Waals surface area contributed by atoms with Gasteiger partial charge in [0.25, 0.3) is 5.91 Å². The Morgan fingerprint density at radius 1 is 1.27 bits per heavy atom. The van der Waals surface area contributed by atoms with Gasteiger partial charge in [-0.3, -0.25) is 9.59 Å². The summed E-state index contributed by atoms with van der Waals surface area (Å²) < 4.78 is 4.57. The highest BCUT2D eigenvalue weighted by Gasteiger charge is 2.64. The van der Waals surface area contributed by atoms with Crippen LogP contribution in [0.5, 0.6) is 0 Å². The highest BCUT2D eigenvalue weighted by atomic mass is 35.5. The molecule has 0 unspecified atom stereocenters. The minimum absolute atomic E-state index is 0.273. The molecule has 0 saturated carbocycles. The molecule has 1 aromatic carbocycles. The third-order valence-corrected chi connectivity index (χ3v) is 6.67. The van der Waals surface area contributed by atoms with Gasteiger partial charge >= 0.3 is 5.97 Å². The van der Waals surface area contributed by atoms with Crippen LogP contribution in [0, 0.1) is 6.92 Å². The molecule has 2 aliphatic rings. The molecule has 0 bridgehead atoms. The Morgan fingerprint density at radius 3 is 2.50 bits per heavy atom. The molecule has 0 spiro atoms. The zero-order chi connectivity index (χ0) is 22.2. The summed E-state index contributed by atoms with van der Waals surface area (Å²) in [6.45, 7) is 5.22. The number of alkyl halides is 1. The van der Waals surface area contributed by atoms with Crippen LogP contribution in [-0.4, -0.2) is 61.5 Å². The number of thioether (sulfide) groups is 1. The summed E-state index contributed by atoms with van der Waals surface area (Å²) >= 11 is 6.02. The number of amides is 2. The first-order valence-electron chi connectivity index (χ1n) is 9.15. The van der Waals surface area contributed by atoms with E-state index in [4.69, 9.17) is 4.52 Å². The van der Waals surface area contributed by atoms with Crippen molar-refractivity contribution in [2.24, 2.45) is 0 Å². The van der Waals surface area contributed by atoms with E-state index in [1.165, 1.54) is 23.0 Å². The van der Waals surface area contributed by atoms with E-state index in [1.807, 2.05) is 30.3 Å². The lowest BCUT2D eigenvalue weighted by atomic mass is 9.95. The molecule has 2 N–H and O–H groups in total. The molecule has 1 aromatic heterocycles. The smallest absolute Gasteiger partial charge is 0.327 e. The van der Waals surface area contributed by atoms with Crippen LogP contribution in [0.3, 0.4) is 0 Å². The summed E-state index contributed by atoms with van der Waals surface area (Å²) in [5.74, 6) is -1.55. The summed E-state index contributed by atoms with van der Waals surface area (Å²) in [6, 6.07) is 7.46. The zero-order valence-corrected chi connectivity index (χ0v) is 18.5. The third kappa shape index (κ3) is 3.56. The van der Waals surface area contributed by atoms with Crippen molar-refractivity contribution in [2.75, 3.05) is 6.38 Å². The summed E-state index contributed by atoms with van der Waals surface area (Å²) in [5, 5.41) is 15.8. The van der Waals surface area contributed by atoms with E-state index in [0.717, 1.165) is 5.56 Å². The largest absolute Gasteiger partial charge is 0.480 e. The number of aryl methyl sites for hydroxylation is 1. The number of nitrogens with zero attached hydrogens (tertiary/aromatic N) is 2. The lowest BCUT2D eigenvalue weighted by Crippen LogP contribution is -2.70. The van der Waals surface area contributed by atoms with Gasteiger partial charge in [0.2, 0.25) is 5.91 Å². The molecule has 160 valence electrons. The maximum absolute atomic E-state index is 12.9. The van der Waals surface area contributed by atoms with Crippen LogP contribution in [0.15, 0.2) is 34.9 Å². The predicted octanol–water partition coefficient (Wildman–Crippen LogP) is 2.75. The molecule has 10 heteroatoms. The molecule has 2 aromatic rings. The quantitative estimate of drug-likeness (QED) is 0.542. The summed E-state index contributed by atoms with van der Waals surface area (Å²) in [6.07, 6.45) is 1.47. The number of hydrogen-bond donors (Lipinski definition) is 2. The van der Waals surface area contributed by atoms with E-state index in [2.05, 4.69) is 22.1 Å². The molecule has 0 aliphatic carbocycles. The zero-order valence-electron chi connectivity index (χ0n) is 16.9. The molecule has 3 heterocycles. The average Bonchev–Trinajstić information content (AvgIpc) is 3.23. The van der Waals surface area contributed by atoms with Gasteiger partial charge in [-0.15, -0.1) is 23.4 Å². The van der Waals surface area contributed by atoms with Crippen LogP contribution < -0.4 is 5.32 Å². The van der Waals surface area contributed by atoms with E-state index in [0.29, 0.717) is 11.5 Å². The number of carboxylic acids is 1. The fraction of sp³-hybridized carbons (Fsp3) is 0.400. The normalized spacial score (nSPS) is 23.7. The lowest BCUT2D eigenvalue weighted by Gasteiger charge is -2.43. The number of carbonyl (C=O) groups is 3. The van der Waals surface area contributed by atoms with Crippen molar-refractivity contribution in [1.29, 1.82) is 0 Å². The predicted molar refractivity (Wildman–Crippen MR) is 113 cm³/mol. The Labute approximate surface area is 182 Å². The SMILES string of the molecule is CCl.Cc1onc(-c2ccccc2)c1C(=O)N[C@@H]1C(=O)N2[C@@H]1SC(C)(C)[C@@H]2C(=O)O. The number of carbonyl (C=O) groups excluding carboxylic acids is 2. The van der Waals surface area contributed by atoms with Gasteiger partial charge in [-0.1, -0.05) is 35.5 Å². The Hall–Kier alpha value is -2.52. The number of carboxylic acid groups (broad SMARTS) is 1. The van der Waals surface area contributed by atoms with Crippen molar-refractivity contribution in [3.8, 4) is 11.3 Å². The molecule has 2 fully saturated rings. The maximum Gasteiger partial charge on any atom is 0.327 e. The standard InChI is InChI=1S/C19H19N3O5S.CH3Cl/c1-9-11(12(21-27-9)10-7-5-4-6-8-10)15(23)20-13-16(24)22-14(18(25)26)19(2,3)28-17(13)22;1-2/h4-8,13-14,17H,1-3H3,(H,20,23)(H,25,26);1H3/t13-,14+,17-;/m1./s1. The first kappa shape index (κ1) is 22.2. The highest BCUT2D eigenvalue weighted by Crippen LogP contribution is 2.50. The van der Waals surface area contributed by atoms with Crippen molar-refractivity contribution < 1.29 is 24.0 Å². The Bertz CT molecular complexity index is 978. The van der Waals surface area contributed by atoms with E-state index in [-0.39, 0.29) is 11.5 Å². The number of aromatic nitrogens is 1. The van der Waals surface area contributed by atoms with Gasteiger partial charge in [0.05, 0.1) is 0 Å². The second-order valence-electron chi connectivity index (χ2n) is 7.38. The Kier molecular flexibility index (Phi) is 6.14. The van der Waals surface area contributed by atoms with E-state index in [1.54, 1.807) is 20.8 Å². The van der Waals surface area contributed by atoms with Crippen LogP contribution in [-0.2, 0) is 9.59 Å². The van der Waals surface area contributed by atoms with Crippen LogP contribution in [0.1, 0.15) is 30.0 Å². The number of aliphatic carboxylic acids is 1. The van der Waals surface area contributed by atoms with Crippen molar-refractivity contribution in [3.63, 3.8) is 0 Å². The molecule has 4 rings (SSSR count). The van der Waals surface area contributed by atoms with Gasteiger partial charge in [-0.2, -0.15) is 0 Å². The topological polar surface area (TPSA) is 113 Å². The van der Waals surface area contributed by atoms with Gasteiger partial charge < -0.3 is 19.8 Å². The van der Waals surface area contributed by atoms with Gasteiger partial charge in [0.1, 0.15) is 34.5 Å². The first-order chi connectivity index (χ1) is 14.2. The molecule has 3 atom stereocenters. The Balaban J connectivity index is 0.00000124. The molecule has 2 aliphatic heterocycles. The molecular formula is C20H22ClN3O5S. The molecule has 2 saturated heterocycles. The summed E-state index contributed by atoms with van der Waals surface area (Å²) in [7, 11) is 0. The summed E-state index contributed by atoms with van der Waals surface area (Å²) in [4.78, 5) is 38.5. The number of hydrogen-bond acceptors (Lipinski definition) is 6. The van der Waals surface area contributed by atoms with Crippen LogP contribution in [0.25, 0.3) is 11.3 Å². The van der Waals surface area contributed by atoms with Crippen LogP contribution >= 0.6 is 23.4 Å². The maximum atomic E-state index is 12.9. The fourth-order valence-corrected chi connectivity index (χ4v) is 5.42. The number of β-lactam (4-membered cyclic amide) rings is 1. The first-order valence-corrected chi connectivity index (χ1v) is 10.8. The highest BCUT2D eigenvalue weighted by molar-refractivity contribution is 8.01. The van der Waals surface area contributed by atoms with Crippen molar-refractivity contribution in [2.45, 2.75) is 43.0 Å². The molecule has 30 heavy (non-hydrogen) atoms. The second kappa shape index (κ2) is 8.31. The molecular weight excluding hydrogens is 430 g/mol. The number of nitrogens with one attached hydrogen (secondary N) is 1. The number of fused-ring (bicyclic) bond motifs is 1. The Morgan fingerprint density at radius 2 is 1.90 bits per heavy atom. The number of benzene rings is 1. The molecule has 8 nitrogen and oxygen atoms in total. The van der Waals surface area contributed by atoms with Crippen LogP contribution in [0.2, 0.25) is 0 Å². The summed E-state index contributed by atoms with van der Waals surface area (Å²) in [5.41, 5.74) is 1.41. The average molecular weight is 452 g/mol. The van der Waals surface area contributed by atoms with Gasteiger partial charge in [0.15, 0.2) is 0 Å². The minimum Gasteiger partial charge on any atom is -0.480 e. The van der Waals surface area contributed by atoms with Crippen molar-refractivity contribution >= 4 is 41.1 Å². The fourth-order valence-electron chi connectivity index (χ4n) is 3.79. The third-order valence-electron chi connectivity index (χ3n) is 5.10. The van der Waals surface area contributed by atoms with Crippen molar-refractivity contribution in [3.05, 3.63) is 41.7 Å². The minimum atomic E-state index is -1.04. The van der Waals surface area contributed by atoms with E-state index in [9.17, 15) is 19.5 Å². The number of rotatable bonds is 4. The van der Waals surface area contributed by atoms with E-state index < -0.39 is 34.1 Å². The van der Waals surface area contributed by atoms with E-state index >= 15 is 0 Å². The van der Waals surface area contributed by atoms with Gasteiger partial charge in [-0.05, 0) is 20.8 Å². The molecule has 0 radical (unpaired) electrons. The lowest BCUT2D eigenvalue weighted by molar-refractivity contribution is -0.159. The van der Waals surface area contributed by atoms with Gasteiger partial charge in [-0.25, -0.2) is 4.79 Å². The molecule has 2 amide bonds. The number of halogens is 1. The van der Waals surface area contributed by atoms with Gasteiger partial charge in [0, 0.05) is 16.7 Å².